The molecule has 0 radical (unpaired) electrons. The van der Waals surface area contributed by atoms with Crippen LogP contribution in [0.15, 0.2) is 45.0 Å². The second-order valence-corrected chi connectivity index (χ2v) is 6.23. The molecule has 4 nitrogen and oxygen atoms in total. The van der Waals surface area contributed by atoms with Crippen molar-refractivity contribution in [1.82, 2.24) is 0 Å². The van der Waals surface area contributed by atoms with Gasteiger partial charge in [-0.15, -0.1) is 0 Å². The number of ketones is 1. The van der Waals surface area contributed by atoms with Gasteiger partial charge < -0.3 is 5.73 Å². The number of nitrogens with two attached hydrogens (primary N) is 1. The molecular weight excluding hydrogens is 330 g/mol. The van der Waals surface area contributed by atoms with Crippen molar-refractivity contribution in [3.05, 3.63) is 45.6 Å². The Labute approximate surface area is 131 Å². The third-order valence-corrected chi connectivity index (χ3v) is 4.55. The van der Waals surface area contributed by atoms with Crippen LogP contribution in [-0.4, -0.2) is 11.6 Å². The first-order valence-corrected chi connectivity index (χ1v) is 7.66. The summed E-state index contributed by atoms with van der Waals surface area (Å²) in [5.41, 5.74) is 8.36. The predicted molar refractivity (Wildman–Crippen MR) is 83.5 cm³/mol. The van der Waals surface area contributed by atoms with Gasteiger partial charge in [-0.2, -0.15) is 5.26 Å². The van der Waals surface area contributed by atoms with Gasteiger partial charge in [0.05, 0.1) is 6.07 Å². The van der Waals surface area contributed by atoms with E-state index in [1.807, 2.05) is 24.3 Å². The van der Waals surface area contributed by atoms with E-state index in [0.29, 0.717) is 17.8 Å². The molecule has 106 valence electrons. The van der Waals surface area contributed by atoms with Crippen LogP contribution >= 0.6 is 15.9 Å². The van der Waals surface area contributed by atoms with Crippen LogP contribution in [0, 0.1) is 17.2 Å². The molecule has 2 unspecified atom stereocenters. The third kappa shape index (κ3) is 2.40. The van der Waals surface area contributed by atoms with Crippen LogP contribution in [-0.2, 0) is 4.79 Å². The first kappa shape index (κ1) is 14.0. The number of carbonyl (C=O) groups excluding carboxylic acids is 1. The van der Waals surface area contributed by atoms with Gasteiger partial charge in [0.2, 0.25) is 0 Å². The standard InChI is InChI=1S/C16H14BrN3O/c17-10-6-4-9(5-7-10)14-11(8-18)16(19)20-12-2-1-3-13(21)15(12)14/h4-7,11,14H,1-3H2,(H2,19,20). The minimum absolute atomic E-state index is 0.0978. The highest BCUT2D eigenvalue weighted by molar-refractivity contribution is 9.10. The number of carbonyl (C=O) groups is 1. The summed E-state index contributed by atoms with van der Waals surface area (Å²) >= 11 is 3.40. The zero-order chi connectivity index (χ0) is 15.0. The fraction of sp³-hybridized carbons (Fsp3) is 0.312. The van der Waals surface area contributed by atoms with E-state index >= 15 is 0 Å². The maximum atomic E-state index is 12.4. The molecule has 0 amide bonds. The molecule has 21 heavy (non-hydrogen) atoms. The second kappa shape index (κ2) is 5.45. The van der Waals surface area contributed by atoms with Gasteiger partial charge in [-0.1, -0.05) is 28.1 Å². The van der Waals surface area contributed by atoms with E-state index in [0.717, 1.165) is 28.6 Å². The van der Waals surface area contributed by atoms with Gasteiger partial charge in [0.25, 0.3) is 0 Å². The number of rotatable bonds is 1. The summed E-state index contributed by atoms with van der Waals surface area (Å²) in [4.78, 5) is 16.7. The Balaban J connectivity index is 2.16. The molecule has 0 bridgehead atoms. The highest BCUT2D eigenvalue weighted by Crippen LogP contribution is 2.42. The highest BCUT2D eigenvalue weighted by atomic mass is 79.9. The Bertz CT molecular complexity index is 697. The molecule has 1 aliphatic carbocycles. The fourth-order valence-electron chi connectivity index (χ4n) is 3.05. The van der Waals surface area contributed by atoms with Crippen molar-refractivity contribution in [3.8, 4) is 6.07 Å². The van der Waals surface area contributed by atoms with E-state index in [4.69, 9.17) is 5.73 Å². The van der Waals surface area contributed by atoms with Crippen molar-refractivity contribution in [1.29, 1.82) is 5.26 Å². The Morgan fingerprint density at radius 3 is 2.67 bits per heavy atom. The van der Waals surface area contributed by atoms with E-state index in [1.54, 1.807) is 0 Å². The molecule has 1 heterocycles. The first-order chi connectivity index (χ1) is 10.1. The van der Waals surface area contributed by atoms with E-state index in [1.165, 1.54) is 0 Å². The lowest BCUT2D eigenvalue weighted by molar-refractivity contribution is -0.116. The first-order valence-electron chi connectivity index (χ1n) is 6.87. The minimum atomic E-state index is -0.577. The van der Waals surface area contributed by atoms with Crippen LogP contribution in [0.25, 0.3) is 0 Å². The van der Waals surface area contributed by atoms with Crippen molar-refractivity contribution >= 4 is 27.5 Å². The predicted octanol–water partition coefficient (Wildman–Crippen LogP) is 3.05. The van der Waals surface area contributed by atoms with Crippen molar-refractivity contribution in [2.75, 3.05) is 0 Å². The molecule has 5 heteroatoms. The molecular formula is C16H14BrN3O. The zero-order valence-corrected chi connectivity index (χ0v) is 12.9. The van der Waals surface area contributed by atoms with Gasteiger partial charge in [0.1, 0.15) is 11.8 Å². The highest BCUT2D eigenvalue weighted by Gasteiger charge is 2.39. The molecule has 0 fully saturated rings. The maximum absolute atomic E-state index is 12.4. The number of hydrogen-bond acceptors (Lipinski definition) is 4. The molecule has 0 saturated carbocycles. The molecule has 2 aliphatic rings. The molecule has 0 aromatic heterocycles. The lowest BCUT2D eigenvalue weighted by Gasteiger charge is -2.32. The lowest BCUT2D eigenvalue weighted by Crippen LogP contribution is -2.35. The monoisotopic (exact) mass is 343 g/mol. The van der Waals surface area contributed by atoms with Gasteiger partial charge in [-0.05, 0) is 30.5 Å². The summed E-state index contributed by atoms with van der Waals surface area (Å²) in [5.74, 6) is -0.463. The molecule has 2 atom stereocenters. The van der Waals surface area contributed by atoms with Gasteiger partial charge >= 0.3 is 0 Å². The number of nitrogens with zero attached hydrogens (tertiary/aromatic N) is 2. The number of amidine groups is 1. The number of aliphatic imine (C=N–C) groups is 1. The molecule has 0 spiro atoms. The van der Waals surface area contributed by atoms with Crippen LogP contribution in [0.1, 0.15) is 30.7 Å². The quantitative estimate of drug-likeness (QED) is 0.850. The average molecular weight is 344 g/mol. The lowest BCUT2D eigenvalue weighted by atomic mass is 9.73. The summed E-state index contributed by atoms with van der Waals surface area (Å²) in [6, 6.07) is 9.92. The Kier molecular flexibility index (Phi) is 3.64. The second-order valence-electron chi connectivity index (χ2n) is 5.31. The Morgan fingerprint density at radius 1 is 1.29 bits per heavy atom. The van der Waals surface area contributed by atoms with Gasteiger partial charge in [0, 0.05) is 28.1 Å². The maximum Gasteiger partial charge on any atom is 0.161 e. The topological polar surface area (TPSA) is 79.2 Å². The van der Waals surface area contributed by atoms with Crippen LogP contribution in [0.2, 0.25) is 0 Å². The van der Waals surface area contributed by atoms with Crippen LogP contribution < -0.4 is 5.73 Å². The summed E-state index contributed by atoms with van der Waals surface area (Å²) in [5, 5.41) is 9.47. The van der Waals surface area contributed by atoms with Crippen molar-refractivity contribution in [3.63, 3.8) is 0 Å². The van der Waals surface area contributed by atoms with E-state index in [-0.39, 0.29) is 11.7 Å². The van der Waals surface area contributed by atoms with Crippen molar-refractivity contribution < 1.29 is 4.79 Å². The van der Waals surface area contributed by atoms with E-state index in [9.17, 15) is 10.1 Å². The summed E-state index contributed by atoms with van der Waals surface area (Å²) in [6.07, 6.45) is 2.09. The van der Waals surface area contributed by atoms with E-state index < -0.39 is 5.92 Å². The molecule has 2 N–H and O–H groups in total. The molecule has 3 rings (SSSR count). The normalized spacial score (nSPS) is 25.1. The summed E-state index contributed by atoms with van der Waals surface area (Å²) < 4.78 is 0.960. The number of hydrogen-bond donors (Lipinski definition) is 1. The van der Waals surface area contributed by atoms with Crippen molar-refractivity contribution in [2.24, 2.45) is 16.6 Å². The molecule has 1 aliphatic heterocycles. The zero-order valence-electron chi connectivity index (χ0n) is 11.3. The van der Waals surface area contributed by atoms with Gasteiger partial charge in [-0.3, -0.25) is 4.79 Å². The van der Waals surface area contributed by atoms with Gasteiger partial charge in [0.15, 0.2) is 5.78 Å². The molecule has 1 aromatic carbocycles. The van der Waals surface area contributed by atoms with Crippen LogP contribution in [0.5, 0.6) is 0 Å². The number of halogens is 1. The number of allylic oxidation sites excluding steroid dienone is 2. The van der Waals surface area contributed by atoms with Crippen LogP contribution in [0.3, 0.4) is 0 Å². The van der Waals surface area contributed by atoms with Crippen LogP contribution in [0.4, 0.5) is 0 Å². The molecule has 1 aromatic rings. The minimum Gasteiger partial charge on any atom is -0.386 e. The third-order valence-electron chi connectivity index (χ3n) is 4.02. The number of benzene rings is 1. The Hall–Kier alpha value is -1.93. The number of Topliss-reactive ketones (excluding diaryl/α,β-unsaturated/α-hetero) is 1. The largest absolute Gasteiger partial charge is 0.386 e. The smallest absolute Gasteiger partial charge is 0.161 e. The number of nitriles is 1. The summed E-state index contributed by atoms with van der Waals surface area (Å²) in [6.45, 7) is 0. The molecule has 0 saturated heterocycles. The van der Waals surface area contributed by atoms with E-state index in [2.05, 4.69) is 27.0 Å². The Morgan fingerprint density at radius 2 is 2.00 bits per heavy atom. The summed E-state index contributed by atoms with van der Waals surface area (Å²) in [7, 11) is 0. The SMILES string of the molecule is N#CC1C(N)=NC2=C(C(=O)CCC2)C1c1ccc(Br)cc1. The fourth-order valence-corrected chi connectivity index (χ4v) is 3.31. The average Bonchev–Trinajstić information content (AvgIpc) is 2.47. The van der Waals surface area contributed by atoms with Crippen molar-refractivity contribution in [2.45, 2.75) is 25.2 Å². The van der Waals surface area contributed by atoms with Gasteiger partial charge in [-0.25, -0.2) is 4.99 Å².